The monoisotopic (exact) mass is 391 g/mol. The van der Waals surface area contributed by atoms with Gasteiger partial charge in [-0.15, -0.1) is 0 Å². The third kappa shape index (κ3) is 5.58. The van der Waals surface area contributed by atoms with Gasteiger partial charge in [-0.25, -0.2) is 17.5 Å². The highest BCUT2D eigenvalue weighted by Gasteiger charge is 2.25. The minimum Gasteiger partial charge on any atom is -0.349 e. The van der Waals surface area contributed by atoms with Gasteiger partial charge in [-0.2, -0.15) is 0 Å². The van der Waals surface area contributed by atoms with E-state index in [1.54, 1.807) is 24.3 Å². The van der Waals surface area contributed by atoms with Gasteiger partial charge in [0, 0.05) is 23.8 Å². The smallest absolute Gasteiger partial charge is 0.253 e. The first-order chi connectivity index (χ1) is 12.8. The molecule has 6 nitrogen and oxygen atoms in total. The molecule has 0 bridgehead atoms. The van der Waals surface area contributed by atoms with Crippen LogP contribution in [0.2, 0.25) is 0 Å². The number of hydrogen-bond donors (Lipinski definition) is 2. The minimum atomic E-state index is -3.26. The van der Waals surface area contributed by atoms with Crippen LogP contribution in [0.3, 0.4) is 0 Å². The summed E-state index contributed by atoms with van der Waals surface area (Å²) in [6, 6.07) is 9.19. The second kappa shape index (κ2) is 8.14. The van der Waals surface area contributed by atoms with Crippen molar-refractivity contribution in [2.24, 2.45) is 0 Å². The van der Waals surface area contributed by atoms with Gasteiger partial charge < -0.3 is 5.32 Å². The zero-order valence-electron chi connectivity index (χ0n) is 15.0. The number of amides is 1. The zero-order chi connectivity index (χ0) is 19.4. The molecule has 0 radical (unpaired) electrons. The highest BCUT2D eigenvalue weighted by Crippen LogP contribution is 2.21. The largest absolute Gasteiger partial charge is 0.349 e. The summed E-state index contributed by atoms with van der Waals surface area (Å²) in [5, 5.41) is 2.95. The van der Waals surface area contributed by atoms with Crippen molar-refractivity contribution in [2.45, 2.75) is 37.8 Å². The fraction of sp³-hybridized carbons (Fsp3) is 0.368. The summed E-state index contributed by atoms with van der Waals surface area (Å²) in [5.74, 6) is -0.594. The van der Waals surface area contributed by atoms with E-state index < -0.39 is 10.0 Å². The van der Waals surface area contributed by atoms with E-state index in [4.69, 9.17) is 0 Å². The Morgan fingerprint density at radius 2 is 1.96 bits per heavy atom. The van der Waals surface area contributed by atoms with Crippen molar-refractivity contribution in [1.29, 1.82) is 0 Å². The number of nitrogens with zero attached hydrogens (tertiary/aromatic N) is 1. The Bertz CT molecular complexity index is 916. The molecule has 1 aromatic heterocycles. The van der Waals surface area contributed by atoms with Gasteiger partial charge >= 0.3 is 0 Å². The Kier molecular flexibility index (Phi) is 5.86. The standard InChI is InChI=1S/C19H22FN3O3S/c1-27(25,26)23-17-7-3-6-16(11-17)22-19(24)14-8-9-18(21-12-14)13-4-2-5-15(20)10-13/h2,4-5,8-10,12,16-17,23H,3,6-7,11H2,1H3,(H,22,24). The van der Waals surface area contributed by atoms with Gasteiger partial charge in [0.1, 0.15) is 5.82 Å². The summed E-state index contributed by atoms with van der Waals surface area (Å²) >= 11 is 0. The summed E-state index contributed by atoms with van der Waals surface area (Å²) in [5.41, 5.74) is 1.64. The molecule has 0 aliphatic heterocycles. The van der Waals surface area contributed by atoms with Crippen LogP contribution in [0.25, 0.3) is 11.3 Å². The predicted molar refractivity (Wildman–Crippen MR) is 101 cm³/mol. The first-order valence-electron chi connectivity index (χ1n) is 8.80. The minimum absolute atomic E-state index is 0.0894. The number of benzene rings is 1. The van der Waals surface area contributed by atoms with Crippen LogP contribution < -0.4 is 10.0 Å². The van der Waals surface area contributed by atoms with E-state index >= 15 is 0 Å². The molecule has 2 N–H and O–H groups in total. The van der Waals surface area contributed by atoms with Gasteiger partial charge in [0.2, 0.25) is 10.0 Å². The molecule has 3 rings (SSSR count). The number of rotatable bonds is 5. The van der Waals surface area contributed by atoms with E-state index in [-0.39, 0.29) is 23.8 Å². The van der Waals surface area contributed by atoms with Crippen LogP contribution in [0.4, 0.5) is 4.39 Å². The molecule has 2 aromatic rings. The number of halogens is 1. The number of nitrogens with one attached hydrogen (secondary N) is 2. The van der Waals surface area contributed by atoms with Crippen LogP contribution in [0.1, 0.15) is 36.0 Å². The fourth-order valence-electron chi connectivity index (χ4n) is 3.35. The van der Waals surface area contributed by atoms with E-state index in [9.17, 15) is 17.6 Å². The molecule has 144 valence electrons. The summed E-state index contributed by atoms with van der Waals surface area (Å²) in [6.07, 6.45) is 5.58. The maximum Gasteiger partial charge on any atom is 0.253 e. The Morgan fingerprint density at radius 1 is 1.19 bits per heavy atom. The first-order valence-corrected chi connectivity index (χ1v) is 10.7. The molecule has 1 heterocycles. The number of aromatic nitrogens is 1. The maximum absolute atomic E-state index is 13.3. The molecular weight excluding hydrogens is 369 g/mol. The highest BCUT2D eigenvalue weighted by atomic mass is 32.2. The average molecular weight is 391 g/mol. The average Bonchev–Trinajstić information content (AvgIpc) is 2.61. The molecule has 2 unspecified atom stereocenters. The van der Waals surface area contributed by atoms with Crippen LogP contribution in [0.15, 0.2) is 42.6 Å². The van der Waals surface area contributed by atoms with Crippen molar-refractivity contribution >= 4 is 15.9 Å². The van der Waals surface area contributed by atoms with Crippen LogP contribution in [0.5, 0.6) is 0 Å². The van der Waals surface area contributed by atoms with Crippen LogP contribution in [-0.2, 0) is 10.0 Å². The second-order valence-corrected chi connectivity index (χ2v) is 8.65. The fourth-order valence-corrected chi connectivity index (χ4v) is 4.17. The Labute approximate surface area is 158 Å². The van der Waals surface area contributed by atoms with Gasteiger partial charge in [0.05, 0.1) is 17.5 Å². The van der Waals surface area contributed by atoms with Crippen LogP contribution in [-0.4, -0.2) is 37.6 Å². The predicted octanol–water partition coefficient (Wildman–Crippen LogP) is 2.48. The van der Waals surface area contributed by atoms with E-state index in [1.807, 2.05) is 0 Å². The molecule has 1 aliphatic carbocycles. The Balaban J connectivity index is 1.62. The third-order valence-electron chi connectivity index (χ3n) is 4.54. The lowest BCUT2D eigenvalue weighted by atomic mass is 9.91. The van der Waals surface area contributed by atoms with Crippen molar-refractivity contribution in [3.63, 3.8) is 0 Å². The molecule has 1 fully saturated rings. The zero-order valence-corrected chi connectivity index (χ0v) is 15.8. The molecule has 1 aromatic carbocycles. The molecule has 8 heteroatoms. The van der Waals surface area contributed by atoms with Crippen molar-refractivity contribution in [3.05, 3.63) is 54.0 Å². The second-order valence-electron chi connectivity index (χ2n) is 6.87. The third-order valence-corrected chi connectivity index (χ3v) is 5.30. The van der Waals surface area contributed by atoms with E-state index in [0.29, 0.717) is 23.2 Å². The van der Waals surface area contributed by atoms with Crippen molar-refractivity contribution in [3.8, 4) is 11.3 Å². The first kappa shape index (κ1) is 19.4. The Hall–Kier alpha value is -2.32. The summed E-state index contributed by atoms with van der Waals surface area (Å²) < 4.78 is 38.7. The number of hydrogen-bond acceptors (Lipinski definition) is 4. The van der Waals surface area contributed by atoms with Gasteiger partial charge in [-0.1, -0.05) is 12.1 Å². The van der Waals surface area contributed by atoms with E-state index in [1.165, 1.54) is 18.3 Å². The van der Waals surface area contributed by atoms with E-state index in [2.05, 4.69) is 15.0 Å². The number of carbonyl (C=O) groups excluding carboxylic acids is 1. The lowest BCUT2D eigenvalue weighted by Crippen LogP contribution is -2.45. The molecule has 27 heavy (non-hydrogen) atoms. The molecule has 2 atom stereocenters. The van der Waals surface area contributed by atoms with Crippen LogP contribution >= 0.6 is 0 Å². The summed E-state index contributed by atoms with van der Waals surface area (Å²) in [4.78, 5) is 16.7. The summed E-state index contributed by atoms with van der Waals surface area (Å²) in [6.45, 7) is 0. The number of carbonyl (C=O) groups is 1. The summed E-state index contributed by atoms with van der Waals surface area (Å²) in [7, 11) is -3.26. The van der Waals surface area contributed by atoms with Gasteiger partial charge in [-0.05, 0) is 49.9 Å². The lowest BCUT2D eigenvalue weighted by Gasteiger charge is -2.29. The van der Waals surface area contributed by atoms with Crippen molar-refractivity contribution in [1.82, 2.24) is 15.0 Å². The normalized spacial score (nSPS) is 20.2. The molecular formula is C19H22FN3O3S. The molecule has 1 aliphatic rings. The lowest BCUT2D eigenvalue weighted by molar-refractivity contribution is 0.0924. The topological polar surface area (TPSA) is 88.2 Å². The van der Waals surface area contributed by atoms with Crippen molar-refractivity contribution in [2.75, 3.05) is 6.26 Å². The molecule has 1 saturated carbocycles. The quantitative estimate of drug-likeness (QED) is 0.820. The molecule has 1 amide bonds. The van der Waals surface area contributed by atoms with Crippen LogP contribution in [0, 0.1) is 5.82 Å². The maximum atomic E-state index is 13.3. The number of pyridine rings is 1. The van der Waals surface area contributed by atoms with Crippen molar-refractivity contribution < 1.29 is 17.6 Å². The van der Waals surface area contributed by atoms with E-state index in [0.717, 1.165) is 25.5 Å². The SMILES string of the molecule is CS(=O)(=O)NC1CCCC(NC(=O)c2ccc(-c3cccc(F)c3)nc2)C1. The van der Waals surface area contributed by atoms with Gasteiger partial charge in [0.25, 0.3) is 5.91 Å². The highest BCUT2D eigenvalue weighted by molar-refractivity contribution is 7.88. The van der Waals surface area contributed by atoms with Gasteiger partial charge in [0.15, 0.2) is 0 Å². The molecule has 0 spiro atoms. The Morgan fingerprint density at radius 3 is 2.63 bits per heavy atom. The number of sulfonamides is 1. The molecule has 0 saturated heterocycles. The van der Waals surface area contributed by atoms with Gasteiger partial charge in [-0.3, -0.25) is 9.78 Å².